The van der Waals surface area contributed by atoms with Gasteiger partial charge in [0.15, 0.2) is 11.4 Å². The Morgan fingerprint density at radius 1 is 1.08 bits per heavy atom. The highest BCUT2D eigenvalue weighted by Crippen LogP contribution is 2.56. The van der Waals surface area contributed by atoms with Gasteiger partial charge in [-0.1, -0.05) is 55.5 Å². The number of ether oxygens (including phenoxy) is 1. The lowest BCUT2D eigenvalue weighted by Gasteiger charge is -2.50. The van der Waals surface area contributed by atoms with Crippen molar-refractivity contribution in [2.24, 2.45) is 17.6 Å². The Kier molecular flexibility index (Phi) is 6.15. The predicted molar refractivity (Wildman–Crippen MR) is 137 cm³/mol. The first-order valence-electron chi connectivity index (χ1n) is 12.3. The van der Waals surface area contributed by atoms with Gasteiger partial charge < -0.3 is 30.9 Å². The zero-order valence-corrected chi connectivity index (χ0v) is 20.7. The monoisotopic (exact) mass is 531 g/mol. The molecule has 0 aromatic heterocycles. The topological polar surface area (TPSA) is 184 Å². The molecular weight excluding hydrogens is 506 g/mol. The Morgan fingerprint density at radius 2 is 1.77 bits per heavy atom. The molecule has 39 heavy (non-hydrogen) atoms. The summed E-state index contributed by atoms with van der Waals surface area (Å²) in [5.74, 6) is -9.27. The number of Topliss-reactive ketones (excluding diaryl/α,β-unsaturated/α-hetero) is 2. The van der Waals surface area contributed by atoms with Crippen molar-refractivity contribution >= 4 is 35.1 Å². The van der Waals surface area contributed by atoms with Crippen LogP contribution in [-0.4, -0.2) is 55.6 Å². The van der Waals surface area contributed by atoms with Crippen LogP contribution < -0.4 is 5.73 Å². The fourth-order valence-electron chi connectivity index (χ4n) is 5.77. The summed E-state index contributed by atoms with van der Waals surface area (Å²) >= 11 is 0. The minimum atomic E-state index is -2.92. The van der Waals surface area contributed by atoms with Crippen LogP contribution in [0.3, 0.4) is 0 Å². The van der Waals surface area contributed by atoms with Crippen LogP contribution in [0.5, 0.6) is 5.75 Å². The molecule has 10 nitrogen and oxygen atoms in total. The van der Waals surface area contributed by atoms with Gasteiger partial charge >= 0.3 is 5.97 Å². The molecule has 3 aliphatic carbocycles. The Morgan fingerprint density at radius 3 is 2.41 bits per heavy atom. The molecule has 0 saturated carbocycles. The number of hydrogen-bond donors (Lipinski definition) is 5. The second-order valence-electron chi connectivity index (χ2n) is 9.68. The van der Waals surface area contributed by atoms with E-state index in [4.69, 9.17) is 10.5 Å². The number of rotatable bonds is 4. The number of phenols is 1. The molecule has 0 fully saturated rings. The normalized spacial score (nSPS) is 27.1. The van der Waals surface area contributed by atoms with Gasteiger partial charge in [0.25, 0.3) is 5.91 Å². The van der Waals surface area contributed by atoms with Crippen LogP contribution in [0.25, 0.3) is 11.6 Å². The molecule has 0 aliphatic heterocycles. The third kappa shape index (κ3) is 3.75. The molecule has 0 heterocycles. The van der Waals surface area contributed by atoms with Crippen molar-refractivity contribution in [2.75, 3.05) is 0 Å². The van der Waals surface area contributed by atoms with E-state index in [-0.39, 0.29) is 12.0 Å². The predicted octanol–water partition coefficient (Wildman–Crippen LogP) is 2.51. The summed E-state index contributed by atoms with van der Waals surface area (Å²) in [5.41, 5.74) is 2.11. The Labute approximate surface area is 222 Å². The first-order chi connectivity index (χ1) is 18.5. The number of phenolic OH excluding ortho intramolecular Hbond substituents is 1. The van der Waals surface area contributed by atoms with Crippen molar-refractivity contribution in [1.29, 1.82) is 0 Å². The quantitative estimate of drug-likeness (QED) is 0.292. The number of amides is 1. The van der Waals surface area contributed by atoms with E-state index in [2.05, 4.69) is 0 Å². The molecule has 6 N–H and O–H groups in total. The number of fused-ring (bicyclic) bond motifs is 3. The van der Waals surface area contributed by atoms with Crippen LogP contribution in [-0.2, 0) is 19.1 Å². The zero-order valence-electron chi connectivity index (χ0n) is 20.7. The summed E-state index contributed by atoms with van der Waals surface area (Å²) in [6.45, 7) is 1.53. The first-order valence-corrected chi connectivity index (χ1v) is 12.3. The average molecular weight is 532 g/mol. The van der Waals surface area contributed by atoms with E-state index in [0.717, 1.165) is 0 Å². The molecule has 2 aromatic carbocycles. The van der Waals surface area contributed by atoms with Crippen LogP contribution in [0.2, 0.25) is 0 Å². The SMILES string of the molecule is CCC(=O)O[C@@H]1[C@H]2CC(O)=C(C(N)=O)C(=O)[C@@]2(O)C(O)=C2C(=O)c3c(O)cccc3/C(=C\c3ccccc3)[C@H]21. The lowest BCUT2D eigenvalue weighted by Crippen LogP contribution is -2.62. The van der Waals surface area contributed by atoms with Gasteiger partial charge in [0.2, 0.25) is 5.78 Å². The summed E-state index contributed by atoms with van der Waals surface area (Å²) < 4.78 is 5.75. The van der Waals surface area contributed by atoms with E-state index in [1.807, 2.05) is 0 Å². The molecule has 0 saturated heterocycles. The van der Waals surface area contributed by atoms with E-state index in [1.165, 1.54) is 19.1 Å². The number of primary amides is 1. The number of benzene rings is 2. The number of ketones is 2. The Hall–Kier alpha value is -4.70. The van der Waals surface area contributed by atoms with E-state index in [0.29, 0.717) is 16.7 Å². The number of allylic oxidation sites excluding steroid dienone is 1. The highest BCUT2D eigenvalue weighted by Gasteiger charge is 2.65. The average Bonchev–Trinajstić information content (AvgIpc) is 2.90. The maximum absolute atomic E-state index is 13.9. The minimum Gasteiger partial charge on any atom is -0.511 e. The van der Waals surface area contributed by atoms with E-state index < -0.39 is 81.8 Å². The summed E-state index contributed by atoms with van der Waals surface area (Å²) in [5, 5.41) is 44.5. The smallest absolute Gasteiger partial charge is 0.305 e. The van der Waals surface area contributed by atoms with Crippen molar-refractivity contribution in [1.82, 2.24) is 0 Å². The fraction of sp³-hybridized carbons (Fsp3) is 0.241. The van der Waals surface area contributed by atoms with Crippen molar-refractivity contribution in [3.05, 3.63) is 87.9 Å². The highest BCUT2D eigenvalue weighted by molar-refractivity contribution is 6.25. The molecule has 200 valence electrons. The standard InChI is InChI=1S/C29H25NO9/c1-2-19(33)39-25-16-12-18(32)22(28(30)37)26(35)29(16,38)27(36)23-21(25)15(11-13-7-4-3-5-8-13)14-9-6-10-17(31)20(14)24(23)34/h3-11,16,21,25,31-32,36,38H,2,12H2,1H3,(H2,30,37)/b15-11+/t16-,21-,25-,29-/m1/s1. The molecule has 1 amide bonds. The number of carbonyl (C=O) groups excluding carboxylic acids is 4. The summed E-state index contributed by atoms with van der Waals surface area (Å²) in [7, 11) is 0. The van der Waals surface area contributed by atoms with Gasteiger partial charge in [-0.15, -0.1) is 0 Å². The molecule has 0 unspecified atom stereocenters. The maximum atomic E-state index is 13.9. The Bertz CT molecular complexity index is 1530. The first kappa shape index (κ1) is 25.9. The second-order valence-corrected chi connectivity index (χ2v) is 9.68. The molecule has 4 atom stereocenters. The number of aromatic hydroxyl groups is 1. The number of nitrogens with two attached hydrogens (primary N) is 1. The van der Waals surface area contributed by atoms with Gasteiger partial charge in [0, 0.05) is 18.8 Å². The number of carbonyl (C=O) groups is 4. The number of aliphatic hydroxyl groups excluding tert-OH is 2. The van der Waals surface area contributed by atoms with Gasteiger partial charge in [-0.2, -0.15) is 0 Å². The lowest BCUT2D eigenvalue weighted by molar-refractivity contribution is -0.171. The van der Waals surface area contributed by atoms with Gasteiger partial charge in [0.05, 0.1) is 17.1 Å². The molecule has 5 rings (SSSR count). The lowest BCUT2D eigenvalue weighted by atomic mass is 9.57. The largest absolute Gasteiger partial charge is 0.511 e. The summed E-state index contributed by atoms with van der Waals surface area (Å²) in [6, 6.07) is 13.3. The molecule has 0 radical (unpaired) electrons. The molecule has 3 aliphatic rings. The minimum absolute atomic E-state index is 0.0925. The van der Waals surface area contributed by atoms with Gasteiger partial charge in [-0.25, -0.2) is 0 Å². The molecule has 2 aromatic rings. The van der Waals surface area contributed by atoms with Crippen molar-refractivity contribution in [3.8, 4) is 5.75 Å². The van der Waals surface area contributed by atoms with E-state index in [1.54, 1.807) is 42.5 Å². The van der Waals surface area contributed by atoms with Crippen LogP contribution in [0.1, 0.15) is 41.3 Å². The van der Waals surface area contributed by atoms with Crippen LogP contribution in [0.15, 0.2) is 71.2 Å². The number of hydrogen-bond acceptors (Lipinski definition) is 9. The van der Waals surface area contributed by atoms with Crippen molar-refractivity contribution in [3.63, 3.8) is 0 Å². The number of aliphatic hydroxyl groups is 3. The van der Waals surface area contributed by atoms with Gasteiger partial charge in [0.1, 0.15) is 28.9 Å². The second kappa shape index (κ2) is 9.25. The number of esters is 1. The zero-order chi connectivity index (χ0) is 28.2. The van der Waals surface area contributed by atoms with Crippen LogP contribution in [0.4, 0.5) is 0 Å². The molecular formula is C29H25NO9. The third-order valence-electron chi connectivity index (χ3n) is 7.55. The van der Waals surface area contributed by atoms with E-state index in [9.17, 15) is 39.6 Å². The fourth-order valence-corrected chi connectivity index (χ4v) is 5.77. The maximum Gasteiger partial charge on any atom is 0.305 e. The molecule has 0 spiro atoms. The third-order valence-corrected chi connectivity index (χ3v) is 7.55. The van der Waals surface area contributed by atoms with Gasteiger partial charge in [-0.05, 0) is 22.8 Å². The summed E-state index contributed by atoms with van der Waals surface area (Å²) in [4.78, 5) is 51.9. The van der Waals surface area contributed by atoms with Crippen LogP contribution >= 0.6 is 0 Å². The van der Waals surface area contributed by atoms with Crippen molar-refractivity contribution in [2.45, 2.75) is 31.5 Å². The van der Waals surface area contributed by atoms with Crippen molar-refractivity contribution < 1.29 is 44.3 Å². The van der Waals surface area contributed by atoms with Gasteiger partial charge in [-0.3, -0.25) is 19.2 Å². The molecule has 10 heteroatoms. The Balaban J connectivity index is 1.87. The molecule has 0 bridgehead atoms. The van der Waals surface area contributed by atoms with Crippen LogP contribution in [0, 0.1) is 11.8 Å². The summed E-state index contributed by atoms with van der Waals surface area (Å²) in [6.07, 6.45) is -0.404. The van der Waals surface area contributed by atoms with E-state index >= 15 is 0 Å². The highest BCUT2D eigenvalue weighted by atomic mass is 16.5.